The van der Waals surface area contributed by atoms with Crippen molar-refractivity contribution in [1.29, 1.82) is 0 Å². The van der Waals surface area contributed by atoms with E-state index in [2.05, 4.69) is 0 Å². The molecule has 0 radical (unpaired) electrons. The first kappa shape index (κ1) is 20.2. The lowest BCUT2D eigenvalue weighted by Gasteiger charge is -2.15. The molecule has 6 heteroatoms. The molecule has 3 rings (SSSR count). The molecule has 0 aromatic heterocycles. The molecule has 0 saturated carbocycles. The van der Waals surface area contributed by atoms with E-state index in [4.69, 9.17) is 9.90 Å². The molecule has 0 aliphatic carbocycles. The summed E-state index contributed by atoms with van der Waals surface area (Å²) in [5.41, 5.74) is 1.81. The number of halogens is 2. The number of carboxylic acids is 1. The summed E-state index contributed by atoms with van der Waals surface area (Å²) < 4.78 is 27.5. The van der Waals surface area contributed by atoms with Crippen LogP contribution < -0.4 is 10.4 Å². The van der Waals surface area contributed by atoms with Gasteiger partial charge in [0.2, 0.25) is 0 Å². The molecular formula is C21H19F2NO3. The Kier molecular flexibility index (Phi) is 7.14. The third-order valence-corrected chi connectivity index (χ3v) is 3.78. The summed E-state index contributed by atoms with van der Waals surface area (Å²) in [5, 5.41) is 10.8. The Morgan fingerprint density at radius 3 is 1.67 bits per heavy atom. The van der Waals surface area contributed by atoms with Crippen molar-refractivity contribution in [3.63, 3.8) is 0 Å². The number of carbonyl (C=O) groups excluding carboxylic acids is 2. The van der Waals surface area contributed by atoms with E-state index in [1.54, 1.807) is 48.6 Å². The molecule has 1 saturated heterocycles. The van der Waals surface area contributed by atoms with Gasteiger partial charge in [-0.15, -0.1) is 0 Å². The van der Waals surface area contributed by atoms with E-state index in [1.165, 1.54) is 12.1 Å². The number of carbonyl (C=O) groups is 2. The fourth-order valence-electron chi connectivity index (χ4n) is 2.58. The van der Waals surface area contributed by atoms with Crippen LogP contribution in [0, 0.1) is 11.6 Å². The summed E-state index contributed by atoms with van der Waals surface area (Å²) >= 11 is 0. The fraction of sp³-hybridized carbons (Fsp3) is 0.143. The monoisotopic (exact) mass is 371 g/mol. The molecular weight excluding hydrogens is 352 g/mol. The maximum absolute atomic E-state index is 13.7. The third kappa shape index (κ3) is 5.97. The number of Topliss-reactive ketones (excluding diaryl/α,β-unsaturated/α-hetero) is 1. The number of rotatable bonds is 2. The summed E-state index contributed by atoms with van der Waals surface area (Å²) in [6.45, 7) is 1.95. The van der Waals surface area contributed by atoms with Crippen molar-refractivity contribution in [2.75, 3.05) is 13.1 Å². The summed E-state index contributed by atoms with van der Waals surface area (Å²) in [6.07, 6.45) is 3.14. The molecule has 2 aromatic rings. The summed E-state index contributed by atoms with van der Waals surface area (Å²) in [7, 11) is 0. The minimum absolute atomic E-state index is 0.154. The van der Waals surface area contributed by atoms with Crippen LogP contribution in [0.3, 0.4) is 0 Å². The minimum Gasteiger partial charge on any atom is -0.550 e. The zero-order valence-corrected chi connectivity index (χ0v) is 14.7. The number of quaternary nitrogens is 1. The van der Waals surface area contributed by atoms with Gasteiger partial charge in [0.1, 0.15) is 24.7 Å². The number of aliphatic carboxylic acids is 1. The van der Waals surface area contributed by atoms with Gasteiger partial charge in [0.15, 0.2) is 5.78 Å². The van der Waals surface area contributed by atoms with Crippen LogP contribution in [0.2, 0.25) is 0 Å². The number of ketones is 1. The molecule has 27 heavy (non-hydrogen) atoms. The quantitative estimate of drug-likeness (QED) is 0.810. The normalized spacial score (nSPS) is 16.8. The van der Waals surface area contributed by atoms with Gasteiger partial charge in [0, 0.05) is 17.1 Å². The predicted molar refractivity (Wildman–Crippen MR) is 96.1 cm³/mol. The van der Waals surface area contributed by atoms with E-state index in [-0.39, 0.29) is 17.4 Å². The second kappa shape index (κ2) is 9.54. The Morgan fingerprint density at radius 1 is 0.926 bits per heavy atom. The van der Waals surface area contributed by atoms with Crippen LogP contribution in [-0.4, -0.2) is 24.8 Å². The lowest BCUT2D eigenvalue weighted by Crippen LogP contribution is -2.87. The van der Waals surface area contributed by atoms with Crippen molar-refractivity contribution in [3.05, 3.63) is 82.4 Å². The molecule has 1 fully saturated rings. The molecule has 0 atom stereocenters. The Balaban J connectivity index is 0.000000596. The smallest absolute Gasteiger partial charge is 0.196 e. The Bertz CT molecular complexity index is 834. The van der Waals surface area contributed by atoms with Gasteiger partial charge >= 0.3 is 0 Å². The zero-order valence-electron chi connectivity index (χ0n) is 14.7. The van der Waals surface area contributed by atoms with Crippen LogP contribution in [0.5, 0.6) is 0 Å². The second-order valence-electron chi connectivity index (χ2n) is 5.90. The van der Waals surface area contributed by atoms with E-state index in [0.717, 1.165) is 6.92 Å². The number of piperidine rings is 1. The van der Waals surface area contributed by atoms with Crippen LogP contribution in [-0.2, 0) is 9.59 Å². The van der Waals surface area contributed by atoms with Crippen LogP contribution in [0.25, 0.3) is 12.2 Å². The SMILES string of the molecule is CC(=O)[O-].O=C1C(=Cc2ccccc2F)C[NH2+]CC1=Cc1ccccc1F. The lowest BCUT2D eigenvalue weighted by atomic mass is 9.95. The van der Waals surface area contributed by atoms with Gasteiger partial charge in [-0.1, -0.05) is 36.4 Å². The topological polar surface area (TPSA) is 73.8 Å². The van der Waals surface area contributed by atoms with Crippen LogP contribution >= 0.6 is 0 Å². The average molecular weight is 371 g/mol. The van der Waals surface area contributed by atoms with Gasteiger partial charge in [-0.3, -0.25) is 4.79 Å². The van der Waals surface area contributed by atoms with Crippen molar-refractivity contribution in [2.24, 2.45) is 0 Å². The maximum atomic E-state index is 13.7. The second-order valence-corrected chi connectivity index (χ2v) is 5.90. The minimum atomic E-state index is -1.08. The van der Waals surface area contributed by atoms with Gasteiger partial charge in [-0.2, -0.15) is 0 Å². The largest absolute Gasteiger partial charge is 0.550 e. The van der Waals surface area contributed by atoms with Gasteiger partial charge in [-0.25, -0.2) is 8.78 Å². The van der Waals surface area contributed by atoms with Crippen LogP contribution in [0.4, 0.5) is 8.78 Å². The fourth-order valence-corrected chi connectivity index (χ4v) is 2.58. The van der Waals surface area contributed by atoms with Crippen molar-refractivity contribution in [2.45, 2.75) is 6.92 Å². The molecule has 0 amide bonds. The van der Waals surface area contributed by atoms with Crippen molar-refractivity contribution >= 4 is 23.9 Å². The van der Waals surface area contributed by atoms with Crippen LogP contribution in [0.1, 0.15) is 18.1 Å². The summed E-state index contributed by atoms with van der Waals surface area (Å²) in [6, 6.07) is 12.6. The van der Waals surface area contributed by atoms with Crippen molar-refractivity contribution < 1.29 is 28.8 Å². The highest BCUT2D eigenvalue weighted by molar-refractivity contribution is 6.14. The van der Waals surface area contributed by atoms with E-state index in [1.807, 2.05) is 5.32 Å². The molecule has 1 aliphatic heterocycles. The van der Waals surface area contributed by atoms with Crippen molar-refractivity contribution in [1.82, 2.24) is 0 Å². The molecule has 2 N–H and O–H groups in total. The lowest BCUT2D eigenvalue weighted by molar-refractivity contribution is -0.641. The number of hydrogen-bond donors (Lipinski definition) is 1. The number of carboxylic acid groups (broad SMARTS) is 1. The van der Waals surface area contributed by atoms with Gasteiger partial charge in [0.05, 0.1) is 11.1 Å². The molecule has 0 bridgehead atoms. The molecule has 0 unspecified atom stereocenters. The van der Waals surface area contributed by atoms with E-state index < -0.39 is 5.97 Å². The van der Waals surface area contributed by atoms with Gasteiger partial charge in [0.25, 0.3) is 0 Å². The highest BCUT2D eigenvalue weighted by Gasteiger charge is 2.23. The predicted octanol–water partition coefficient (Wildman–Crippen LogP) is 1.33. The Morgan fingerprint density at radius 2 is 1.30 bits per heavy atom. The Hall–Kier alpha value is -3.12. The molecule has 4 nitrogen and oxygen atoms in total. The standard InChI is InChI=1S/C19H15F2NO.C2H4O2/c20-17-7-3-1-5-13(17)9-15-11-22-12-16(19(15)23)10-14-6-2-4-8-18(14)21;1-2(3)4/h1-10,22H,11-12H2;1H3,(H,3,4). The van der Waals surface area contributed by atoms with E-state index >= 15 is 0 Å². The van der Waals surface area contributed by atoms with E-state index in [0.29, 0.717) is 35.4 Å². The molecule has 2 aromatic carbocycles. The number of hydrogen-bond acceptors (Lipinski definition) is 3. The molecule has 140 valence electrons. The zero-order chi connectivity index (χ0) is 19.8. The summed E-state index contributed by atoms with van der Waals surface area (Å²) in [4.78, 5) is 21.4. The number of benzene rings is 2. The van der Waals surface area contributed by atoms with Crippen LogP contribution in [0.15, 0.2) is 59.7 Å². The highest BCUT2D eigenvalue weighted by atomic mass is 19.1. The Labute approximate surface area is 155 Å². The molecule has 1 heterocycles. The first-order valence-corrected chi connectivity index (χ1v) is 8.32. The highest BCUT2D eigenvalue weighted by Crippen LogP contribution is 2.18. The first-order valence-electron chi connectivity index (χ1n) is 8.32. The molecule has 1 aliphatic rings. The van der Waals surface area contributed by atoms with Gasteiger partial charge in [-0.05, 0) is 31.2 Å². The molecule has 0 spiro atoms. The average Bonchev–Trinajstić information content (AvgIpc) is 2.61. The van der Waals surface area contributed by atoms with Gasteiger partial charge < -0.3 is 15.2 Å². The van der Waals surface area contributed by atoms with E-state index in [9.17, 15) is 13.6 Å². The number of nitrogens with two attached hydrogens (primary N) is 1. The first-order chi connectivity index (χ1) is 12.9. The maximum Gasteiger partial charge on any atom is 0.196 e. The van der Waals surface area contributed by atoms with Crippen molar-refractivity contribution in [3.8, 4) is 0 Å². The summed E-state index contributed by atoms with van der Waals surface area (Å²) in [5.74, 6) is -1.96. The third-order valence-electron chi connectivity index (χ3n) is 3.78.